The number of anilines is 1. The second kappa shape index (κ2) is 7.45. The van der Waals surface area contributed by atoms with E-state index >= 15 is 0 Å². The first-order valence-corrected chi connectivity index (χ1v) is 9.41. The van der Waals surface area contributed by atoms with Crippen LogP contribution in [0.2, 0.25) is 0 Å². The van der Waals surface area contributed by atoms with Crippen molar-refractivity contribution in [3.05, 3.63) is 60.2 Å². The van der Waals surface area contributed by atoms with E-state index in [0.717, 1.165) is 10.5 Å². The summed E-state index contributed by atoms with van der Waals surface area (Å²) in [6.45, 7) is 0. The van der Waals surface area contributed by atoms with Gasteiger partial charge in [0.1, 0.15) is 0 Å². The van der Waals surface area contributed by atoms with Crippen LogP contribution < -0.4 is 10.5 Å². The van der Waals surface area contributed by atoms with Crippen LogP contribution in [-0.2, 0) is 14.8 Å². The molecular formula is C16H16N2O3S2. The Hall–Kier alpha value is -2.09. The van der Waals surface area contributed by atoms with E-state index in [-0.39, 0.29) is 10.8 Å². The normalized spacial score (nSPS) is 11.6. The van der Waals surface area contributed by atoms with Crippen molar-refractivity contribution >= 4 is 39.5 Å². The van der Waals surface area contributed by atoms with E-state index in [1.54, 1.807) is 23.9 Å². The van der Waals surface area contributed by atoms with Crippen molar-refractivity contribution in [1.82, 2.24) is 0 Å². The van der Waals surface area contributed by atoms with Crippen molar-refractivity contribution in [2.24, 2.45) is 5.14 Å². The smallest absolute Gasteiger partial charge is 0.248 e. The van der Waals surface area contributed by atoms with E-state index in [1.165, 1.54) is 24.3 Å². The highest BCUT2D eigenvalue weighted by molar-refractivity contribution is 7.98. The van der Waals surface area contributed by atoms with Gasteiger partial charge >= 0.3 is 0 Å². The molecule has 1 amide bonds. The fourth-order valence-electron chi connectivity index (χ4n) is 1.82. The van der Waals surface area contributed by atoms with Gasteiger partial charge < -0.3 is 5.32 Å². The number of thioether (sulfide) groups is 1. The van der Waals surface area contributed by atoms with Crippen LogP contribution in [0, 0.1) is 0 Å². The lowest BCUT2D eigenvalue weighted by Gasteiger charge is -2.04. The maximum atomic E-state index is 11.9. The average Bonchev–Trinajstić information content (AvgIpc) is 2.53. The van der Waals surface area contributed by atoms with E-state index in [4.69, 9.17) is 5.14 Å². The fraction of sp³-hybridized carbons (Fsp3) is 0.0625. The molecule has 0 unspecified atom stereocenters. The van der Waals surface area contributed by atoms with E-state index in [1.807, 2.05) is 30.5 Å². The molecule has 7 heteroatoms. The molecule has 120 valence electrons. The maximum Gasteiger partial charge on any atom is 0.248 e. The Morgan fingerprint density at radius 1 is 1.17 bits per heavy atom. The summed E-state index contributed by atoms with van der Waals surface area (Å²) in [6.07, 6.45) is 5.06. The Kier molecular flexibility index (Phi) is 5.59. The van der Waals surface area contributed by atoms with Crippen LogP contribution in [0.1, 0.15) is 5.56 Å². The predicted octanol–water partition coefficient (Wildman–Crippen LogP) is 2.71. The zero-order chi connectivity index (χ0) is 16.9. The first-order chi connectivity index (χ1) is 10.9. The third-order valence-corrected chi connectivity index (χ3v) is 4.63. The minimum atomic E-state index is -3.79. The molecule has 0 aliphatic heterocycles. The molecule has 0 aromatic heterocycles. The number of hydrogen-bond acceptors (Lipinski definition) is 4. The fourth-order valence-corrected chi connectivity index (χ4v) is 2.79. The number of primary sulfonamides is 1. The Morgan fingerprint density at radius 2 is 1.87 bits per heavy atom. The van der Waals surface area contributed by atoms with Crippen LogP contribution >= 0.6 is 11.8 Å². The zero-order valence-electron chi connectivity index (χ0n) is 12.4. The molecule has 2 aromatic rings. The molecule has 0 saturated heterocycles. The van der Waals surface area contributed by atoms with E-state index in [9.17, 15) is 13.2 Å². The van der Waals surface area contributed by atoms with E-state index in [2.05, 4.69) is 5.32 Å². The minimum Gasteiger partial charge on any atom is -0.322 e. The second-order valence-electron chi connectivity index (χ2n) is 4.67. The van der Waals surface area contributed by atoms with Gasteiger partial charge in [0.05, 0.1) is 4.90 Å². The molecule has 23 heavy (non-hydrogen) atoms. The molecule has 5 nitrogen and oxygen atoms in total. The van der Waals surface area contributed by atoms with Crippen molar-refractivity contribution in [1.29, 1.82) is 0 Å². The molecule has 0 atom stereocenters. The van der Waals surface area contributed by atoms with Gasteiger partial charge in [-0.2, -0.15) is 0 Å². The molecule has 2 aromatic carbocycles. The molecule has 2 rings (SSSR count). The molecule has 0 aliphatic rings. The Bertz CT molecular complexity index is 829. The molecule has 0 radical (unpaired) electrons. The summed E-state index contributed by atoms with van der Waals surface area (Å²) in [4.78, 5) is 13.0. The summed E-state index contributed by atoms with van der Waals surface area (Å²) in [6, 6.07) is 13.6. The summed E-state index contributed by atoms with van der Waals surface area (Å²) in [5.74, 6) is -0.356. The van der Waals surface area contributed by atoms with Gasteiger partial charge in [0, 0.05) is 16.7 Å². The number of carbonyl (C=O) groups is 1. The van der Waals surface area contributed by atoms with Crippen LogP contribution in [0.25, 0.3) is 6.08 Å². The highest BCUT2D eigenvalue weighted by atomic mass is 32.2. The molecule has 0 heterocycles. The summed E-state index contributed by atoms with van der Waals surface area (Å²) in [5.41, 5.74) is 1.26. The van der Waals surface area contributed by atoms with Crippen molar-refractivity contribution in [2.75, 3.05) is 11.6 Å². The second-order valence-corrected chi connectivity index (χ2v) is 7.11. The highest BCUT2D eigenvalue weighted by Gasteiger charge is 2.08. The predicted molar refractivity (Wildman–Crippen MR) is 93.7 cm³/mol. The topological polar surface area (TPSA) is 89.3 Å². The molecule has 0 aliphatic carbocycles. The average molecular weight is 348 g/mol. The lowest BCUT2D eigenvalue weighted by atomic mass is 10.2. The van der Waals surface area contributed by atoms with Gasteiger partial charge in [-0.05, 0) is 48.2 Å². The minimum absolute atomic E-state index is 0.0491. The van der Waals surface area contributed by atoms with Crippen LogP contribution in [0.15, 0.2) is 64.4 Å². The molecule has 3 N–H and O–H groups in total. The summed E-state index contributed by atoms with van der Waals surface area (Å²) >= 11 is 1.64. The van der Waals surface area contributed by atoms with Crippen LogP contribution in [0.3, 0.4) is 0 Å². The lowest BCUT2D eigenvalue weighted by molar-refractivity contribution is -0.111. The zero-order valence-corrected chi connectivity index (χ0v) is 14.0. The number of amides is 1. The number of carbonyl (C=O) groups excluding carboxylic acids is 1. The highest BCUT2D eigenvalue weighted by Crippen LogP contribution is 2.16. The van der Waals surface area contributed by atoms with E-state index in [0.29, 0.717) is 5.69 Å². The van der Waals surface area contributed by atoms with Gasteiger partial charge in [-0.15, -0.1) is 11.8 Å². The van der Waals surface area contributed by atoms with Gasteiger partial charge in [-0.3, -0.25) is 4.79 Å². The summed E-state index contributed by atoms with van der Waals surface area (Å²) in [7, 11) is -3.79. The summed E-state index contributed by atoms with van der Waals surface area (Å²) in [5, 5.41) is 7.66. The Balaban J connectivity index is 2.05. The van der Waals surface area contributed by atoms with Crippen LogP contribution in [0.4, 0.5) is 5.69 Å². The van der Waals surface area contributed by atoms with Gasteiger partial charge in [0.25, 0.3) is 0 Å². The van der Waals surface area contributed by atoms with Crippen molar-refractivity contribution in [3.8, 4) is 0 Å². The monoisotopic (exact) mass is 348 g/mol. The largest absolute Gasteiger partial charge is 0.322 e. The number of hydrogen-bond donors (Lipinski definition) is 2. The van der Waals surface area contributed by atoms with Gasteiger partial charge in [0.15, 0.2) is 0 Å². The molecule has 0 saturated carbocycles. The molecule has 0 spiro atoms. The lowest BCUT2D eigenvalue weighted by Crippen LogP contribution is -2.13. The Labute approximate surface area is 139 Å². The number of rotatable bonds is 5. The van der Waals surface area contributed by atoms with Gasteiger partial charge in [-0.25, -0.2) is 13.6 Å². The third kappa shape index (κ3) is 5.24. The number of nitrogens with one attached hydrogen (secondary N) is 1. The SMILES string of the molecule is CSc1ccc(/C=C/C(=O)Nc2cccc(S(N)(=O)=O)c2)cc1. The number of nitrogens with two attached hydrogens (primary N) is 1. The first-order valence-electron chi connectivity index (χ1n) is 6.64. The molecular weight excluding hydrogens is 332 g/mol. The number of benzene rings is 2. The molecule has 0 bridgehead atoms. The molecule has 0 fully saturated rings. The first kappa shape index (κ1) is 17.3. The van der Waals surface area contributed by atoms with Crippen molar-refractivity contribution in [3.63, 3.8) is 0 Å². The third-order valence-electron chi connectivity index (χ3n) is 2.97. The number of sulfonamides is 1. The van der Waals surface area contributed by atoms with Crippen molar-refractivity contribution in [2.45, 2.75) is 9.79 Å². The van der Waals surface area contributed by atoms with Gasteiger partial charge in [0.2, 0.25) is 15.9 Å². The van der Waals surface area contributed by atoms with Crippen LogP contribution in [0.5, 0.6) is 0 Å². The maximum absolute atomic E-state index is 11.9. The summed E-state index contributed by atoms with van der Waals surface area (Å²) < 4.78 is 22.6. The van der Waals surface area contributed by atoms with Crippen molar-refractivity contribution < 1.29 is 13.2 Å². The van der Waals surface area contributed by atoms with E-state index < -0.39 is 10.0 Å². The quantitative estimate of drug-likeness (QED) is 0.642. The van der Waals surface area contributed by atoms with Gasteiger partial charge in [-0.1, -0.05) is 18.2 Å². The standard InChI is InChI=1S/C16H16N2O3S2/c1-22-14-8-5-12(6-9-14)7-10-16(19)18-13-3-2-4-15(11-13)23(17,20)21/h2-11H,1H3,(H,18,19)(H2,17,20,21)/b10-7+. The van der Waals surface area contributed by atoms with Crippen LogP contribution in [-0.4, -0.2) is 20.6 Å². The Morgan fingerprint density at radius 3 is 2.48 bits per heavy atom.